The van der Waals surface area contributed by atoms with Gasteiger partial charge in [-0.2, -0.15) is 0 Å². The number of para-hydroxylation sites is 1. The van der Waals surface area contributed by atoms with Crippen LogP contribution in [-0.2, 0) is 11.3 Å². The first-order valence-corrected chi connectivity index (χ1v) is 10.1. The van der Waals surface area contributed by atoms with Gasteiger partial charge in [0, 0.05) is 19.1 Å². The number of nitrogens with zero attached hydrogens (tertiary/aromatic N) is 3. The third-order valence-corrected chi connectivity index (χ3v) is 5.85. The molecular formula is C19H25N3O2S. The predicted molar refractivity (Wildman–Crippen MR) is 102 cm³/mol. The summed E-state index contributed by atoms with van der Waals surface area (Å²) < 4.78 is 1.66. The lowest BCUT2D eigenvalue weighted by Crippen LogP contribution is -2.44. The van der Waals surface area contributed by atoms with Crippen molar-refractivity contribution in [2.45, 2.75) is 57.3 Å². The second-order valence-electron chi connectivity index (χ2n) is 6.39. The Hall–Kier alpha value is -1.82. The van der Waals surface area contributed by atoms with Crippen LogP contribution in [0.1, 0.15) is 39.5 Å². The van der Waals surface area contributed by atoms with Gasteiger partial charge in [-0.1, -0.05) is 30.8 Å². The molecule has 3 rings (SSSR count). The summed E-state index contributed by atoms with van der Waals surface area (Å²) in [5.41, 5.74) is 0.656. The Bertz CT molecular complexity index is 818. The zero-order chi connectivity index (χ0) is 17.8. The highest BCUT2D eigenvalue weighted by Gasteiger charge is 2.25. The van der Waals surface area contributed by atoms with Crippen LogP contribution in [0.4, 0.5) is 0 Å². The van der Waals surface area contributed by atoms with Gasteiger partial charge in [0.1, 0.15) is 0 Å². The second kappa shape index (κ2) is 8.04. The molecule has 1 amide bonds. The number of hydrogen-bond acceptors (Lipinski definition) is 4. The lowest BCUT2D eigenvalue weighted by atomic mass is 10.0. The van der Waals surface area contributed by atoms with E-state index in [-0.39, 0.29) is 11.5 Å². The van der Waals surface area contributed by atoms with Crippen LogP contribution in [0.3, 0.4) is 0 Å². The van der Waals surface area contributed by atoms with E-state index in [1.807, 2.05) is 30.0 Å². The highest BCUT2D eigenvalue weighted by atomic mass is 32.2. The molecule has 0 spiro atoms. The molecule has 1 fully saturated rings. The first kappa shape index (κ1) is 18.0. The normalized spacial score (nSPS) is 17.8. The summed E-state index contributed by atoms with van der Waals surface area (Å²) in [7, 11) is 0. The Balaban J connectivity index is 1.80. The summed E-state index contributed by atoms with van der Waals surface area (Å²) in [6.07, 6.45) is 4.39. The molecule has 2 heterocycles. The van der Waals surface area contributed by atoms with Gasteiger partial charge in [0.15, 0.2) is 5.16 Å². The number of aromatic nitrogens is 2. The molecule has 2 aromatic rings. The van der Waals surface area contributed by atoms with Crippen molar-refractivity contribution >= 4 is 28.6 Å². The Morgan fingerprint density at radius 3 is 2.84 bits per heavy atom. The Kier molecular flexibility index (Phi) is 5.78. The zero-order valence-corrected chi connectivity index (χ0v) is 15.7. The van der Waals surface area contributed by atoms with Crippen molar-refractivity contribution in [3.8, 4) is 0 Å². The number of likely N-dealkylation sites (tertiary alicyclic amines) is 1. The molecule has 1 atom stereocenters. The number of amides is 1. The summed E-state index contributed by atoms with van der Waals surface area (Å²) in [6, 6.07) is 7.74. The highest BCUT2D eigenvalue weighted by molar-refractivity contribution is 7.99. The average Bonchev–Trinajstić information content (AvgIpc) is 2.66. The molecule has 5 nitrogen and oxygen atoms in total. The van der Waals surface area contributed by atoms with Gasteiger partial charge in [0.05, 0.1) is 16.7 Å². The minimum atomic E-state index is -0.0348. The zero-order valence-electron chi connectivity index (χ0n) is 14.9. The molecule has 0 aliphatic carbocycles. The van der Waals surface area contributed by atoms with Gasteiger partial charge in [0.25, 0.3) is 5.56 Å². The molecule has 134 valence electrons. The Morgan fingerprint density at radius 1 is 1.28 bits per heavy atom. The van der Waals surface area contributed by atoms with Crippen molar-refractivity contribution in [1.29, 1.82) is 0 Å². The largest absolute Gasteiger partial charge is 0.339 e. The van der Waals surface area contributed by atoms with E-state index in [0.29, 0.717) is 34.4 Å². The molecule has 0 N–H and O–H groups in total. The molecular weight excluding hydrogens is 334 g/mol. The minimum Gasteiger partial charge on any atom is -0.339 e. The molecule has 0 bridgehead atoms. The van der Waals surface area contributed by atoms with Gasteiger partial charge in [-0.3, -0.25) is 14.2 Å². The lowest BCUT2D eigenvalue weighted by Gasteiger charge is -2.35. The van der Waals surface area contributed by atoms with Crippen LogP contribution in [-0.4, -0.2) is 38.7 Å². The summed E-state index contributed by atoms with van der Waals surface area (Å²) >= 11 is 1.38. The molecule has 0 radical (unpaired) electrons. The fourth-order valence-corrected chi connectivity index (χ4v) is 4.45. The van der Waals surface area contributed by atoms with Crippen LogP contribution in [0.2, 0.25) is 0 Å². The molecule has 1 aliphatic heterocycles. The fraction of sp³-hybridized carbons (Fsp3) is 0.526. The molecule has 25 heavy (non-hydrogen) atoms. The number of fused-ring (bicyclic) bond motifs is 1. The van der Waals surface area contributed by atoms with Crippen LogP contribution < -0.4 is 5.56 Å². The highest BCUT2D eigenvalue weighted by Crippen LogP contribution is 2.23. The van der Waals surface area contributed by atoms with Crippen molar-refractivity contribution in [2.24, 2.45) is 0 Å². The van der Waals surface area contributed by atoms with E-state index in [1.54, 1.807) is 10.6 Å². The van der Waals surface area contributed by atoms with Crippen molar-refractivity contribution in [3.05, 3.63) is 34.6 Å². The summed E-state index contributed by atoms with van der Waals surface area (Å²) in [6.45, 7) is 5.47. The molecule has 0 unspecified atom stereocenters. The number of carbonyl (C=O) groups excluding carboxylic acids is 1. The monoisotopic (exact) mass is 359 g/mol. The quantitative estimate of drug-likeness (QED) is 0.607. The third-order valence-electron chi connectivity index (χ3n) is 4.89. The van der Waals surface area contributed by atoms with Gasteiger partial charge in [-0.15, -0.1) is 0 Å². The Morgan fingerprint density at radius 2 is 2.08 bits per heavy atom. The third kappa shape index (κ3) is 3.73. The van der Waals surface area contributed by atoms with Gasteiger partial charge in [-0.05, 0) is 44.7 Å². The predicted octanol–water partition coefficient (Wildman–Crippen LogP) is 3.30. The van der Waals surface area contributed by atoms with E-state index in [2.05, 4.69) is 11.9 Å². The van der Waals surface area contributed by atoms with E-state index in [0.717, 1.165) is 25.8 Å². The van der Waals surface area contributed by atoms with Gasteiger partial charge >= 0.3 is 0 Å². The van der Waals surface area contributed by atoms with Crippen LogP contribution >= 0.6 is 11.8 Å². The van der Waals surface area contributed by atoms with E-state index in [4.69, 9.17) is 0 Å². The number of benzene rings is 1. The summed E-state index contributed by atoms with van der Waals surface area (Å²) in [4.78, 5) is 32.0. The summed E-state index contributed by atoms with van der Waals surface area (Å²) in [5, 5.41) is 1.26. The summed E-state index contributed by atoms with van der Waals surface area (Å²) in [5.74, 6) is 0.489. The van der Waals surface area contributed by atoms with Crippen molar-refractivity contribution in [2.75, 3.05) is 12.3 Å². The van der Waals surface area contributed by atoms with Gasteiger partial charge < -0.3 is 4.90 Å². The maximum absolute atomic E-state index is 12.7. The fourth-order valence-electron chi connectivity index (χ4n) is 3.50. The van der Waals surface area contributed by atoms with E-state index in [1.165, 1.54) is 18.2 Å². The van der Waals surface area contributed by atoms with Crippen molar-refractivity contribution in [3.63, 3.8) is 0 Å². The van der Waals surface area contributed by atoms with Crippen LogP contribution in [0.25, 0.3) is 10.9 Å². The second-order valence-corrected chi connectivity index (χ2v) is 7.34. The number of hydrogen-bond donors (Lipinski definition) is 0. The first-order chi connectivity index (χ1) is 12.2. The number of carbonyl (C=O) groups is 1. The van der Waals surface area contributed by atoms with Crippen LogP contribution in [0.15, 0.2) is 34.2 Å². The van der Waals surface area contributed by atoms with Gasteiger partial charge in [0.2, 0.25) is 5.91 Å². The standard InChI is InChI=1S/C19H25N3O2S/c1-3-14-9-7-8-12-22(14)17(23)13-25-19-20-16-11-6-5-10-15(16)18(24)21(19)4-2/h5-6,10-11,14H,3-4,7-9,12-13H2,1-2H3/t14-/m1/s1. The SMILES string of the molecule is CC[C@@H]1CCCCN1C(=O)CSc1nc2ccccc2c(=O)n1CC. The minimum absolute atomic E-state index is 0.0348. The van der Waals surface area contributed by atoms with Crippen LogP contribution in [0, 0.1) is 0 Å². The topological polar surface area (TPSA) is 55.2 Å². The van der Waals surface area contributed by atoms with E-state index >= 15 is 0 Å². The average molecular weight is 359 g/mol. The maximum Gasteiger partial charge on any atom is 0.262 e. The molecule has 1 aromatic heterocycles. The van der Waals surface area contributed by atoms with Crippen molar-refractivity contribution < 1.29 is 4.79 Å². The lowest BCUT2D eigenvalue weighted by molar-refractivity contribution is -0.132. The molecule has 1 aliphatic rings. The smallest absolute Gasteiger partial charge is 0.262 e. The van der Waals surface area contributed by atoms with E-state index < -0.39 is 0 Å². The van der Waals surface area contributed by atoms with Gasteiger partial charge in [-0.25, -0.2) is 4.98 Å². The van der Waals surface area contributed by atoms with E-state index in [9.17, 15) is 9.59 Å². The molecule has 0 saturated carbocycles. The molecule has 1 saturated heterocycles. The van der Waals surface area contributed by atoms with Crippen LogP contribution in [0.5, 0.6) is 0 Å². The number of thioether (sulfide) groups is 1. The first-order valence-electron chi connectivity index (χ1n) is 9.07. The number of piperidine rings is 1. The Labute approximate surface area is 152 Å². The molecule has 1 aromatic carbocycles. The molecule has 6 heteroatoms. The van der Waals surface area contributed by atoms with Crippen molar-refractivity contribution in [1.82, 2.24) is 14.5 Å². The number of rotatable bonds is 5. The maximum atomic E-state index is 12.7.